The first kappa shape index (κ1) is 20.9. The fraction of sp³-hybridized carbons (Fsp3) is 0.917. The summed E-state index contributed by atoms with van der Waals surface area (Å²) >= 11 is 0. The fourth-order valence-corrected chi connectivity index (χ4v) is 6.24. The van der Waals surface area contributed by atoms with Crippen molar-refractivity contribution in [2.45, 2.75) is 97.8 Å². The summed E-state index contributed by atoms with van der Waals surface area (Å²) in [6, 6.07) is 0. The number of Topliss-reactive ketones (excluding diaryl/α,β-unsaturated/α-hetero) is 1. The Morgan fingerprint density at radius 3 is 1.89 bits per heavy atom. The average molecular weight is 377 g/mol. The van der Waals surface area contributed by atoms with Gasteiger partial charge in [-0.3, -0.25) is 9.59 Å². The van der Waals surface area contributed by atoms with E-state index in [0.29, 0.717) is 31.3 Å². The number of esters is 1. The highest BCUT2D eigenvalue weighted by Gasteiger charge is 2.47. The molecule has 0 saturated heterocycles. The number of rotatable bonds is 5. The molecule has 0 aromatic rings. The Balaban J connectivity index is 1.47. The highest BCUT2D eigenvalue weighted by molar-refractivity contribution is 6.03. The van der Waals surface area contributed by atoms with E-state index in [9.17, 15) is 9.59 Å². The van der Waals surface area contributed by atoms with E-state index in [1.807, 2.05) is 6.92 Å². The molecule has 154 valence electrons. The molecule has 0 bridgehead atoms. The molecule has 3 saturated carbocycles. The second-order valence-corrected chi connectivity index (χ2v) is 9.84. The highest BCUT2D eigenvalue weighted by atomic mass is 16.5. The molecule has 3 nitrogen and oxygen atoms in total. The van der Waals surface area contributed by atoms with Gasteiger partial charge in [-0.25, -0.2) is 0 Å². The van der Waals surface area contributed by atoms with E-state index < -0.39 is 5.41 Å². The van der Waals surface area contributed by atoms with Gasteiger partial charge < -0.3 is 4.74 Å². The second-order valence-electron chi connectivity index (χ2n) is 9.84. The summed E-state index contributed by atoms with van der Waals surface area (Å²) in [4.78, 5) is 25.0. The molecule has 0 radical (unpaired) electrons. The number of ether oxygens (including phenoxy) is 1. The molecule has 3 rings (SSSR count). The minimum atomic E-state index is -0.887. The lowest BCUT2D eigenvalue weighted by Gasteiger charge is -2.42. The third kappa shape index (κ3) is 4.59. The van der Waals surface area contributed by atoms with Gasteiger partial charge in [0.05, 0.1) is 6.61 Å². The summed E-state index contributed by atoms with van der Waals surface area (Å²) in [6.07, 6.45) is 14.8. The molecule has 27 heavy (non-hydrogen) atoms. The van der Waals surface area contributed by atoms with Crippen LogP contribution in [0, 0.1) is 35.0 Å². The molecule has 0 heterocycles. The van der Waals surface area contributed by atoms with Gasteiger partial charge in [0.1, 0.15) is 11.2 Å². The Morgan fingerprint density at radius 1 is 0.889 bits per heavy atom. The maximum Gasteiger partial charge on any atom is 0.319 e. The summed E-state index contributed by atoms with van der Waals surface area (Å²) < 4.78 is 5.17. The van der Waals surface area contributed by atoms with E-state index in [4.69, 9.17) is 4.74 Å². The van der Waals surface area contributed by atoms with Gasteiger partial charge in [-0.15, -0.1) is 0 Å². The summed E-state index contributed by atoms with van der Waals surface area (Å²) in [7, 11) is 0. The van der Waals surface area contributed by atoms with Crippen molar-refractivity contribution in [3.05, 3.63) is 0 Å². The van der Waals surface area contributed by atoms with Crippen LogP contribution < -0.4 is 0 Å². The maximum atomic E-state index is 12.8. The molecule has 0 aliphatic heterocycles. The SMILES string of the molecule is CCOC(=O)[C@@]1(C)CCC(C2CCC(C3CCC(CC)CC3)CC2)CC1=O. The predicted octanol–water partition coefficient (Wildman–Crippen LogP) is 5.95. The zero-order valence-corrected chi connectivity index (χ0v) is 17.8. The topological polar surface area (TPSA) is 43.4 Å². The first-order valence-electron chi connectivity index (χ1n) is 11.7. The molecule has 3 fully saturated rings. The van der Waals surface area contributed by atoms with Crippen LogP contribution in [0.3, 0.4) is 0 Å². The van der Waals surface area contributed by atoms with Crippen LogP contribution in [0.5, 0.6) is 0 Å². The van der Waals surface area contributed by atoms with Gasteiger partial charge in [-0.1, -0.05) is 26.2 Å². The van der Waals surface area contributed by atoms with Crippen molar-refractivity contribution in [2.75, 3.05) is 6.61 Å². The van der Waals surface area contributed by atoms with E-state index in [1.165, 1.54) is 57.8 Å². The first-order valence-corrected chi connectivity index (χ1v) is 11.7. The standard InChI is InChI=1S/C24H40O3/c1-4-17-6-8-18(9-7-17)19-10-12-20(13-11-19)21-14-15-24(3,22(25)16-21)23(26)27-5-2/h17-21H,4-16H2,1-3H3/t17?,18?,19?,20?,21?,24-/m0/s1. The van der Waals surface area contributed by atoms with Crippen LogP contribution in [0.25, 0.3) is 0 Å². The van der Waals surface area contributed by atoms with Crippen LogP contribution in [0.2, 0.25) is 0 Å². The van der Waals surface area contributed by atoms with Gasteiger partial charge in [-0.05, 0) is 94.8 Å². The Bertz CT molecular complexity index is 512. The van der Waals surface area contributed by atoms with E-state index >= 15 is 0 Å². The third-order valence-electron chi connectivity index (χ3n) is 8.42. The van der Waals surface area contributed by atoms with Gasteiger partial charge in [-0.2, -0.15) is 0 Å². The molecular weight excluding hydrogens is 336 g/mol. The number of hydrogen-bond donors (Lipinski definition) is 0. The van der Waals surface area contributed by atoms with Crippen molar-refractivity contribution in [1.82, 2.24) is 0 Å². The van der Waals surface area contributed by atoms with Crippen molar-refractivity contribution < 1.29 is 14.3 Å². The van der Waals surface area contributed by atoms with Crippen LogP contribution in [0.4, 0.5) is 0 Å². The third-order valence-corrected chi connectivity index (χ3v) is 8.42. The fourth-order valence-electron chi connectivity index (χ4n) is 6.24. The maximum absolute atomic E-state index is 12.8. The molecule has 0 N–H and O–H groups in total. The van der Waals surface area contributed by atoms with Crippen molar-refractivity contribution in [2.24, 2.45) is 35.0 Å². The van der Waals surface area contributed by atoms with Crippen LogP contribution in [-0.2, 0) is 14.3 Å². The first-order chi connectivity index (χ1) is 13.0. The number of ketones is 1. The second kappa shape index (κ2) is 9.09. The Morgan fingerprint density at radius 2 is 1.41 bits per heavy atom. The lowest BCUT2D eigenvalue weighted by Crippen LogP contribution is -2.44. The quantitative estimate of drug-likeness (QED) is 0.440. The van der Waals surface area contributed by atoms with E-state index in [1.54, 1.807) is 6.92 Å². The van der Waals surface area contributed by atoms with Crippen molar-refractivity contribution >= 4 is 11.8 Å². The van der Waals surface area contributed by atoms with Gasteiger partial charge >= 0.3 is 5.97 Å². The summed E-state index contributed by atoms with van der Waals surface area (Å²) in [5, 5.41) is 0. The van der Waals surface area contributed by atoms with Crippen LogP contribution in [0.15, 0.2) is 0 Å². The van der Waals surface area contributed by atoms with Crippen molar-refractivity contribution in [3.63, 3.8) is 0 Å². The van der Waals surface area contributed by atoms with E-state index in [0.717, 1.165) is 24.2 Å². The average Bonchev–Trinajstić information content (AvgIpc) is 2.70. The Hall–Kier alpha value is -0.860. The normalized spacial score (nSPS) is 40.6. The minimum absolute atomic E-state index is 0.122. The molecule has 3 aliphatic carbocycles. The van der Waals surface area contributed by atoms with Crippen LogP contribution in [0.1, 0.15) is 97.8 Å². The van der Waals surface area contributed by atoms with Crippen molar-refractivity contribution in [3.8, 4) is 0 Å². The predicted molar refractivity (Wildman–Crippen MR) is 108 cm³/mol. The molecule has 2 atom stereocenters. The molecule has 0 spiro atoms. The monoisotopic (exact) mass is 376 g/mol. The largest absolute Gasteiger partial charge is 0.465 e. The summed E-state index contributed by atoms with van der Waals surface area (Å²) in [5.74, 6) is 3.90. The smallest absolute Gasteiger partial charge is 0.319 e. The number of carbonyl (C=O) groups excluding carboxylic acids is 2. The minimum Gasteiger partial charge on any atom is -0.465 e. The van der Waals surface area contributed by atoms with Gasteiger partial charge in [0.15, 0.2) is 0 Å². The Kier molecular flexibility index (Phi) is 7.03. The van der Waals surface area contributed by atoms with E-state index in [-0.39, 0.29) is 11.8 Å². The zero-order valence-electron chi connectivity index (χ0n) is 17.8. The van der Waals surface area contributed by atoms with Crippen LogP contribution in [-0.4, -0.2) is 18.4 Å². The number of carbonyl (C=O) groups is 2. The van der Waals surface area contributed by atoms with Crippen LogP contribution >= 0.6 is 0 Å². The van der Waals surface area contributed by atoms with Gasteiger partial charge in [0.2, 0.25) is 0 Å². The lowest BCUT2D eigenvalue weighted by molar-refractivity contribution is -0.162. The lowest BCUT2D eigenvalue weighted by atomic mass is 9.62. The molecule has 3 heteroatoms. The van der Waals surface area contributed by atoms with Crippen molar-refractivity contribution in [1.29, 1.82) is 0 Å². The van der Waals surface area contributed by atoms with Gasteiger partial charge in [0, 0.05) is 6.42 Å². The molecule has 3 aliphatic rings. The summed E-state index contributed by atoms with van der Waals surface area (Å²) in [5.41, 5.74) is -0.887. The van der Waals surface area contributed by atoms with E-state index in [2.05, 4.69) is 6.92 Å². The number of hydrogen-bond acceptors (Lipinski definition) is 3. The molecule has 0 aromatic carbocycles. The Labute approximate surface area is 166 Å². The highest BCUT2D eigenvalue weighted by Crippen LogP contribution is 2.47. The molecule has 0 aromatic heterocycles. The molecular formula is C24H40O3. The van der Waals surface area contributed by atoms with Gasteiger partial charge in [0.25, 0.3) is 0 Å². The molecule has 0 amide bonds. The molecule has 1 unspecified atom stereocenters. The zero-order chi connectivity index (χ0) is 19.4. The summed E-state index contributed by atoms with van der Waals surface area (Å²) in [6.45, 7) is 6.31.